The number of rotatable bonds is 6. The summed E-state index contributed by atoms with van der Waals surface area (Å²) < 4.78 is 11.1. The molecule has 2 rings (SSSR count). The third-order valence-corrected chi connectivity index (χ3v) is 4.96. The summed E-state index contributed by atoms with van der Waals surface area (Å²) in [5.74, 6) is 0.989. The third kappa shape index (κ3) is 4.36. The van der Waals surface area contributed by atoms with Crippen LogP contribution in [0.2, 0.25) is 0 Å². The number of ether oxygens (including phenoxy) is 2. The first-order valence-corrected chi connectivity index (χ1v) is 8.78. The predicted octanol–water partition coefficient (Wildman–Crippen LogP) is 1.87. The quantitative estimate of drug-likeness (QED) is 0.806. The first-order chi connectivity index (χ1) is 10.0. The van der Waals surface area contributed by atoms with Crippen molar-refractivity contribution < 1.29 is 9.47 Å². The minimum absolute atomic E-state index is 0.145. The maximum absolute atomic E-state index is 5.99. The van der Waals surface area contributed by atoms with E-state index in [2.05, 4.69) is 55.1 Å². The van der Waals surface area contributed by atoms with Crippen molar-refractivity contribution in [3.63, 3.8) is 0 Å². The van der Waals surface area contributed by atoms with Crippen molar-refractivity contribution in [2.24, 2.45) is 0 Å². The fraction of sp³-hybridized carbons (Fsp3) is 0.867. The van der Waals surface area contributed by atoms with Gasteiger partial charge in [-0.25, -0.2) is 0 Å². The van der Waals surface area contributed by atoms with E-state index in [-0.39, 0.29) is 11.7 Å². The van der Waals surface area contributed by atoms with Crippen molar-refractivity contribution >= 4 is 11.8 Å². The van der Waals surface area contributed by atoms with Gasteiger partial charge in [0.15, 0.2) is 0 Å². The summed E-state index contributed by atoms with van der Waals surface area (Å²) in [4.78, 5) is 4.71. The van der Waals surface area contributed by atoms with Crippen LogP contribution >= 0.6 is 11.8 Å². The molecule has 0 amide bonds. The van der Waals surface area contributed by atoms with Gasteiger partial charge in [0.2, 0.25) is 0 Å². The minimum atomic E-state index is 0.145. The number of nitrogens with one attached hydrogen (secondary N) is 1. The molecular formula is C15H29N3O2S. The van der Waals surface area contributed by atoms with Gasteiger partial charge in [-0.3, -0.25) is 10.2 Å². The second-order valence-electron chi connectivity index (χ2n) is 6.11. The van der Waals surface area contributed by atoms with Gasteiger partial charge in [-0.1, -0.05) is 0 Å². The summed E-state index contributed by atoms with van der Waals surface area (Å²) in [7, 11) is 1.72. The van der Waals surface area contributed by atoms with E-state index in [1.165, 1.54) is 0 Å². The number of nitrogens with zero attached hydrogens (tertiary/aromatic N) is 2. The first-order valence-electron chi connectivity index (χ1n) is 7.73. The van der Waals surface area contributed by atoms with Crippen molar-refractivity contribution in [1.29, 1.82) is 0 Å². The van der Waals surface area contributed by atoms with E-state index in [9.17, 15) is 0 Å². The molecule has 6 heteroatoms. The smallest absolute Gasteiger partial charge is 0.141 e. The van der Waals surface area contributed by atoms with Crippen LogP contribution in [0.4, 0.5) is 0 Å². The molecule has 5 nitrogen and oxygen atoms in total. The molecule has 0 aliphatic carbocycles. The summed E-state index contributed by atoms with van der Waals surface area (Å²) in [6.07, 6.45) is 4.86. The molecular weight excluding hydrogens is 286 g/mol. The van der Waals surface area contributed by atoms with Crippen LogP contribution in [0, 0.1) is 0 Å². The van der Waals surface area contributed by atoms with Gasteiger partial charge in [-0.15, -0.1) is 11.8 Å². The van der Waals surface area contributed by atoms with Crippen LogP contribution in [-0.4, -0.2) is 65.9 Å². The highest BCUT2D eigenvalue weighted by atomic mass is 32.2. The van der Waals surface area contributed by atoms with Gasteiger partial charge in [0, 0.05) is 31.1 Å². The molecule has 0 bridgehead atoms. The average Bonchev–Trinajstić information content (AvgIpc) is 2.88. The lowest BCUT2D eigenvalue weighted by molar-refractivity contribution is -0.0511. The molecule has 2 aliphatic heterocycles. The second kappa shape index (κ2) is 7.83. The lowest BCUT2D eigenvalue weighted by Crippen LogP contribution is -2.56. The highest BCUT2D eigenvalue weighted by molar-refractivity contribution is 8.00. The van der Waals surface area contributed by atoms with E-state index in [0.717, 1.165) is 12.4 Å². The largest absolute Gasteiger partial charge is 0.381 e. The van der Waals surface area contributed by atoms with E-state index in [1.807, 2.05) is 11.8 Å². The van der Waals surface area contributed by atoms with Crippen LogP contribution in [0.15, 0.2) is 12.3 Å². The summed E-state index contributed by atoms with van der Waals surface area (Å²) >= 11 is 1.82. The molecule has 1 saturated heterocycles. The Balaban J connectivity index is 1.90. The first kappa shape index (κ1) is 17.1. The zero-order chi connectivity index (χ0) is 15.4. The topological polar surface area (TPSA) is 37.0 Å². The van der Waals surface area contributed by atoms with Gasteiger partial charge in [0.25, 0.3) is 0 Å². The van der Waals surface area contributed by atoms with Crippen LogP contribution in [0.5, 0.6) is 0 Å². The van der Waals surface area contributed by atoms with Crippen LogP contribution in [0.25, 0.3) is 0 Å². The van der Waals surface area contributed by atoms with Gasteiger partial charge in [0.05, 0.1) is 19.4 Å². The Kier molecular flexibility index (Phi) is 6.37. The fourth-order valence-corrected chi connectivity index (χ4v) is 4.08. The van der Waals surface area contributed by atoms with E-state index < -0.39 is 0 Å². The van der Waals surface area contributed by atoms with Gasteiger partial charge < -0.3 is 14.4 Å². The molecule has 0 radical (unpaired) electrons. The van der Waals surface area contributed by atoms with Crippen LogP contribution in [-0.2, 0) is 9.47 Å². The molecule has 0 spiro atoms. The zero-order valence-electron chi connectivity index (χ0n) is 13.8. The molecule has 2 heterocycles. The number of methoxy groups -OCH3 is 1. The van der Waals surface area contributed by atoms with Gasteiger partial charge in [-0.2, -0.15) is 0 Å². The van der Waals surface area contributed by atoms with Crippen molar-refractivity contribution in [2.75, 3.05) is 26.1 Å². The maximum Gasteiger partial charge on any atom is 0.141 e. The molecule has 0 aromatic carbocycles. The van der Waals surface area contributed by atoms with Gasteiger partial charge in [0.1, 0.15) is 11.7 Å². The summed E-state index contributed by atoms with van der Waals surface area (Å²) in [5, 5.41) is 3.60. The van der Waals surface area contributed by atoms with Crippen molar-refractivity contribution in [1.82, 2.24) is 15.1 Å². The van der Waals surface area contributed by atoms with Gasteiger partial charge >= 0.3 is 0 Å². The highest BCUT2D eigenvalue weighted by Gasteiger charge is 2.32. The molecule has 0 saturated carbocycles. The van der Waals surface area contributed by atoms with E-state index in [0.29, 0.717) is 24.9 Å². The Morgan fingerprint density at radius 1 is 1.38 bits per heavy atom. The summed E-state index contributed by atoms with van der Waals surface area (Å²) in [6.45, 7) is 10.5. The molecule has 2 aliphatic rings. The molecule has 0 unspecified atom stereocenters. The molecule has 3 atom stereocenters. The molecule has 1 N–H and O–H groups in total. The summed E-state index contributed by atoms with van der Waals surface area (Å²) in [6, 6.07) is 1.03. The van der Waals surface area contributed by atoms with E-state index >= 15 is 0 Å². The predicted molar refractivity (Wildman–Crippen MR) is 87.9 cm³/mol. The van der Waals surface area contributed by atoms with Crippen molar-refractivity contribution in [3.05, 3.63) is 12.3 Å². The van der Waals surface area contributed by atoms with Crippen LogP contribution in [0.3, 0.4) is 0 Å². The van der Waals surface area contributed by atoms with Crippen LogP contribution < -0.4 is 5.32 Å². The second-order valence-corrected chi connectivity index (χ2v) is 7.30. The standard InChI is InChI=1S/C15H29N3O2S/c1-11(2)18(12(3)4)13-6-7-17(10-16-13)14-9-21-15(20-14)8-19-5/h6-7,11-16H,8-10H2,1-5H3/t13-,14-,15+/m1/s1. The lowest BCUT2D eigenvalue weighted by Gasteiger charge is -2.41. The average molecular weight is 315 g/mol. The minimum Gasteiger partial charge on any atom is -0.381 e. The number of hydrogen-bond donors (Lipinski definition) is 1. The Labute approximate surface area is 133 Å². The monoisotopic (exact) mass is 315 g/mol. The zero-order valence-corrected chi connectivity index (χ0v) is 14.6. The molecule has 0 aromatic rings. The van der Waals surface area contributed by atoms with Crippen molar-refractivity contribution in [2.45, 2.75) is 57.6 Å². The molecule has 0 aromatic heterocycles. The molecule has 21 heavy (non-hydrogen) atoms. The van der Waals surface area contributed by atoms with E-state index in [4.69, 9.17) is 9.47 Å². The lowest BCUT2D eigenvalue weighted by atomic mass is 10.2. The SMILES string of the molecule is COC[C@H]1O[C@@H](N2C=C[C@@H](N(C(C)C)C(C)C)NC2)CS1. The fourth-order valence-electron chi connectivity index (χ4n) is 2.99. The number of hydrogen-bond acceptors (Lipinski definition) is 6. The van der Waals surface area contributed by atoms with Crippen molar-refractivity contribution in [3.8, 4) is 0 Å². The Bertz CT molecular complexity index is 344. The Morgan fingerprint density at radius 3 is 2.62 bits per heavy atom. The Morgan fingerprint density at radius 2 is 2.10 bits per heavy atom. The molecule has 1 fully saturated rings. The highest BCUT2D eigenvalue weighted by Crippen LogP contribution is 2.28. The normalized spacial score (nSPS) is 30.1. The van der Waals surface area contributed by atoms with Gasteiger partial charge in [-0.05, 0) is 33.8 Å². The van der Waals surface area contributed by atoms with E-state index in [1.54, 1.807) is 7.11 Å². The Hall–Kier alpha value is -0.270. The summed E-state index contributed by atoms with van der Waals surface area (Å²) in [5.41, 5.74) is 0.161. The number of thioether (sulfide) groups is 1. The third-order valence-electron chi connectivity index (χ3n) is 3.86. The molecule has 122 valence electrons. The maximum atomic E-state index is 5.99. The van der Waals surface area contributed by atoms with Crippen LogP contribution in [0.1, 0.15) is 27.7 Å².